The van der Waals surface area contributed by atoms with Crippen LogP contribution in [0.25, 0.3) is 22.3 Å². The van der Waals surface area contributed by atoms with Crippen molar-refractivity contribution in [3.05, 3.63) is 82.7 Å². The normalized spacial score (nSPS) is 17.1. The first-order valence-electron chi connectivity index (χ1n) is 14.7. The van der Waals surface area contributed by atoms with Gasteiger partial charge in [0.25, 0.3) is 0 Å². The van der Waals surface area contributed by atoms with Crippen LogP contribution in [0, 0.1) is 35.0 Å². The molecule has 220 valence electrons. The summed E-state index contributed by atoms with van der Waals surface area (Å²) in [5.41, 5.74) is -0.831. The summed E-state index contributed by atoms with van der Waals surface area (Å²) in [6.45, 7) is 2.23. The minimum atomic E-state index is -1.87. The van der Waals surface area contributed by atoms with Gasteiger partial charge >= 0.3 is 5.97 Å². The molecule has 1 aliphatic rings. The molecule has 0 saturated heterocycles. The second-order valence-electron chi connectivity index (χ2n) is 11.3. The van der Waals surface area contributed by atoms with Crippen LogP contribution in [0.3, 0.4) is 0 Å². The van der Waals surface area contributed by atoms with Crippen molar-refractivity contribution in [2.24, 2.45) is 5.92 Å². The van der Waals surface area contributed by atoms with Gasteiger partial charge in [-0.2, -0.15) is 0 Å². The van der Waals surface area contributed by atoms with Crippen LogP contribution in [-0.2, 0) is 0 Å². The van der Waals surface area contributed by atoms with Crippen molar-refractivity contribution < 1.29 is 31.9 Å². The van der Waals surface area contributed by atoms with E-state index in [0.717, 1.165) is 30.4 Å². The highest BCUT2D eigenvalue weighted by molar-refractivity contribution is 5.94. The summed E-state index contributed by atoms with van der Waals surface area (Å²) in [5, 5.41) is 9.34. The summed E-state index contributed by atoms with van der Waals surface area (Å²) >= 11 is 0. The fourth-order valence-electron chi connectivity index (χ4n) is 6.13. The molecular formula is C34H37F5O2. The van der Waals surface area contributed by atoms with Gasteiger partial charge in [-0.15, -0.1) is 0 Å². The Morgan fingerprint density at radius 2 is 1.32 bits per heavy atom. The molecule has 0 aromatic heterocycles. The molecule has 0 unspecified atom stereocenters. The van der Waals surface area contributed by atoms with Crippen molar-refractivity contribution in [1.82, 2.24) is 0 Å². The number of carboxylic acids is 1. The maximum atomic E-state index is 15.4. The zero-order chi connectivity index (χ0) is 29.5. The predicted molar refractivity (Wildman–Crippen MR) is 151 cm³/mol. The maximum Gasteiger partial charge on any atom is 0.341 e. The lowest BCUT2D eigenvalue weighted by Crippen LogP contribution is -2.13. The summed E-state index contributed by atoms with van der Waals surface area (Å²) in [4.78, 5) is 11.5. The molecule has 0 aliphatic heterocycles. The van der Waals surface area contributed by atoms with Crippen molar-refractivity contribution in [1.29, 1.82) is 0 Å². The average Bonchev–Trinajstić information content (AvgIpc) is 2.95. The number of halogens is 5. The van der Waals surface area contributed by atoms with Gasteiger partial charge in [0.05, 0.1) is 0 Å². The first-order valence-corrected chi connectivity index (χ1v) is 14.7. The van der Waals surface area contributed by atoms with Gasteiger partial charge in [-0.3, -0.25) is 0 Å². The van der Waals surface area contributed by atoms with E-state index in [2.05, 4.69) is 6.92 Å². The lowest BCUT2D eigenvalue weighted by molar-refractivity contribution is 0.0686. The molecule has 1 fully saturated rings. The molecule has 4 rings (SSSR count). The first kappa shape index (κ1) is 30.7. The number of aromatic carboxylic acids is 1. The fourth-order valence-corrected chi connectivity index (χ4v) is 6.13. The molecule has 1 aliphatic carbocycles. The number of benzene rings is 3. The van der Waals surface area contributed by atoms with Crippen LogP contribution in [-0.4, -0.2) is 11.1 Å². The summed E-state index contributed by atoms with van der Waals surface area (Å²) < 4.78 is 71.8. The highest BCUT2D eigenvalue weighted by Crippen LogP contribution is 2.41. The molecular weight excluding hydrogens is 535 g/mol. The highest BCUT2D eigenvalue weighted by atomic mass is 19.2. The Balaban J connectivity index is 1.49. The quantitative estimate of drug-likeness (QED) is 0.133. The third-order valence-electron chi connectivity index (χ3n) is 8.46. The maximum absolute atomic E-state index is 15.4. The smallest absolute Gasteiger partial charge is 0.341 e. The van der Waals surface area contributed by atoms with Gasteiger partial charge in [-0.1, -0.05) is 82.6 Å². The van der Waals surface area contributed by atoms with E-state index in [-0.39, 0.29) is 5.56 Å². The van der Waals surface area contributed by atoms with Crippen molar-refractivity contribution in [2.75, 3.05) is 0 Å². The largest absolute Gasteiger partial charge is 0.477 e. The predicted octanol–water partition coefficient (Wildman–Crippen LogP) is 10.8. The molecule has 0 amide bonds. The Kier molecular flexibility index (Phi) is 10.6. The third-order valence-corrected chi connectivity index (χ3v) is 8.46. The molecule has 3 aromatic rings. The SMILES string of the molecule is CCCCCCCCC[C@H]1CC[C@H](c2ccc(-c3cc(F)c(C(=O)O)c(F)c3-c3cc(F)c(F)c(F)c3)cc2)CC1. The summed E-state index contributed by atoms with van der Waals surface area (Å²) in [6, 6.07) is 9.10. The Morgan fingerprint density at radius 1 is 0.732 bits per heavy atom. The van der Waals surface area contributed by atoms with Gasteiger partial charge in [0.1, 0.15) is 17.2 Å². The van der Waals surface area contributed by atoms with E-state index in [1.54, 1.807) is 12.1 Å². The average molecular weight is 573 g/mol. The fraction of sp³-hybridized carbons (Fsp3) is 0.441. The molecule has 0 atom stereocenters. The molecule has 0 spiro atoms. The minimum Gasteiger partial charge on any atom is -0.477 e. The van der Waals surface area contributed by atoms with Crippen molar-refractivity contribution in [3.63, 3.8) is 0 Å². The number of carboxylic acid groups (broad SMARTS) is 1. The minimum absolute atomic E-state index is 0.0830. The van der Waals surface area contributed by atoms with Gasteiger partial charge in [0, 0.05) is 5.56 Å². The lowest BCUT2D eigenvalue weighted by atomic mass is 9.77. The number of rotatable bonds is 12. The molecule has 0 bridgehead atoms. The van der Waals surface area contributed by atoms with Crippen molar-refractivity contribution in [2.45, 2.75) is 89.9 Å². The van der Waals surface area contributed by atoms with Crippen LogP contribution in [0.15, 0.2) is 42.5 Å². The van der Waals surface area contributed by atoms with Gasteiger partial charge in [-0.05, 0) is 78.0 Å². The molecule has 0 radical (unpaired) electrons. The van der Waals surface area contributed by atoms with Crippen LogP contribution in [0.2, 0.25) is 0 Å². The van der Waals surface area contributed by atoms with E-state index < -0.39 is 51.7 Å². The number of carbonyl (C=O) groups is 1. The monoisotopic (exact) mass is 572 g/mol. The first-order chi connectivity index (χ1) is 19.7. The third kappa shape index (κ3) is 7.35. The number of unbranched alkanes of at least 4 members (excludes halogenated alkanes) is 6. The van der Waals surface area contributed by atoms with Gasteiger partial charge in [-0.25, -0.2) is 26.7 Å². The summed E-state index contributed by atoms with van der Waals surface area (Å²) in [5.74, 6) is -8.42. The van der Waals surface area contributed by atoms with Gasteiger partial charge in [0.15, 0.2) is 17.5 Å². The highest BCUT2D eigenvalue weighted by Gasteiger charge is 2.27. The Bertz CT molecular complexity index is 1320. The second kappa shape index (κ2) is 14.1. The topological polar surface area (TPSA) is 37.3 Å². The molecule has 0 heterocycles. The molecule has 3 aromatic carbocycles. The molecule has 41 heavy (non-hydrogen) atoms. The van der Waals surface area contributed by atoms with Crippen LogP contribution in [0.4, 0.5) is 22.0 Å². The molecule has 2 nitrogen and oxygen atoms in total. The van der Waals surface area contributed by atoms with E-state index >= 15 is 4.39 Å². The van der Waals surface area contributed by atoms with Crippen LogP contribution >= 0.6 is 0 Å². The Morgan fingerprint density at radius 3 is 1.90 bits per heavy atom. The zero-order valence-electron chi connectivity index (χ0n) is 23.4. The molecule has 1 N–H and O–H groups in total. The van der Waals surface area contributed by atoms with Crippen molar-refractivity contribution in [3.8, 4) is 22.3 Å². The van der Waals surface area contributed by atoms with Gasteiger partial charge in [0.2, 0.25) is 0 Å². The van der Waals surface area contributed by atoms with Crippen LogP contribution in [0.1, 0.15) is 106 Å². The van der Waals surface area contributed by atoms with E-state index in [1.165, 1.54) is 64.2 Å². The summed E-state index contributed by atoms with van der Waals surface area (Å²) in [6.07, 6.45) is 14.9. The van der Waals surface area contributed by atoms with Crippen molar-refractivity contribution >= 4 is 5.97 Å². The van der Waals surface area contributed by atoms with E-state index in [9.17, 15) is 27.5 Å². The van der Waals surface area contributed by atoms with Crippen LogP contribution in [0.5, 0.6) is 0 Å². The number of hydrogen-bond acceptors (Lipinski definition) is 1. The van der Waals surface area contributed by atoms with Gasteiger partial charge < -0.3 is 5.11 Å². The number of hydrogen-bond donors (Lipinski definition) is 1. The van der Waals surface area contributed by atoms with E-state index in [4.69, 9.17) is 0 Å². The lowest BCUT2D eigenvalue weighted by Gasteiger charge is -2.29. The summed E-state index contributed by atoms with van der Waals surface area (Å²) in [7, 11) is 0. The van der Waals surface area contributed by atoms with E-state index in [1.807, 2.05) is 12.1 Å². The molecule has 7 heteroatoms. The standard InChI is InChI=1S/C34H37F5O2/c1-2-3-4-5-6-7-8-9-21-10-12-22(13-11-21)23-14-16-24(17-15-23)26-20-27(35)31(34(40)41)33(39)30(26)25-18-28(36)32(38)29(37)19-25/h14-22H,2-13H2,1H3,(H,40,41)/t21-,22-. The molecule has 1 saturated carbocycles. The zero-order valence-corrected chi connectivity index (χ0v) is 23.4. The van der Waals surface area contributed by atoms with E-state index in [0.29, 0.717) is 23.6 Å². The Hall–Kier alpha value is -3.22. The Labute approximate surface area is 238 Å². The second-order valence-corrected chi connectivity index (χ2v) is 11.3. The van der Waals surface area contributed by atoms with Crippen LogP contribution < -0.4 is 0 Å².